The monoisotopic (exact) mass is 276 g/mol. The highest BCUT2D eigenvalue weighted by atomic mass is 35.5. The van der Waals surface area contributed by atoms with Crippen molar-refractivity contribution in [2.75, 3.05) is 12.5 Å². The highest BCUT2D eigenvalue weighted by molar-refractivity contribution is 6.18. The van der Waals surface area contributed by atoms with Crippen molar-refractivity contribution >= 4 is 11.6 Å². The molecule has 0 spiro atoms. The molecule has 1 aliphatic heterocycles. The van der Waals surface area contributed by atoms with E-state index in [0.717, 1.165) is 6.42 Å². The van der Waals surface area contributed by atoms with Crippen molar-refractivity contribution in [2.24, 2.45) is 0 Å². The lowest BCUT2D eigenvalue weighted by Crippen LogP contribution is -2.13. The van der Waals surface area contributed by atoms with Crippen LogP contribution in [0.4, 0.5) is 0 Å². The Morgan fingerprint density at radius 3 is 2.11 bits per heavy atom. The summed E-state index contributed by atoms with van der Waals surface area (Å²) in [4.78, 5) is 0. The van der Waals surface area contributed by atoms with Gasteiger partial charge in [-0.3, -0.25) is 0 Å². The smallest absolute Gasteiger partial charge is 0.158 e. The zero-order valence-corrected chi connectivity index (χ0v) is 12.6. The van der Waals surface area contributed by atoms with E-state index in [-0.39, 0.29) is 12.4 Å². The Balaban J connectivity index is 1.79. The molecule has 1 fully saturated rings. The summed E-state index contributed by atoms with van der Waals surface area (Å²) >= 11 is 5.72. The molecular formula is C15H29ClO2. The topological polar surface area (TPSA) is 18.5 Å². The fraction of sp³-hybridized carbons (Fsp3) is 1.00. The van der Waals surface area contributed by atoms with Crippen LogP contribution in [0.25, 0.3) is 0 Å². The van der Waals surface area contributed by atoms with Gasteiger partial charge in [0, 0.05) is 0 Å². The Labute approximate surface area is 117 Å². The van der Waals surface area contributed by atoms with Crippen molar-refractivity contribution in [1.82, 2.24) is 0 Å². The summed E-state index contributed by atoms with van der Waals surface area (Å²) in [6.07, 6.45) is 13.4. The SMILES string of the molecule is CCCCCCCCCCC[C@@H]1OC[C@@H](CCl)O1. The lowest BCUT2D eigenvalue weighted by molar-refractivity contribution is -0.0599. The van der Waals surface area contributed by atoms with Gasteiger partial charge in [0.25, 0.3) is 0 Å². The number of rotatable bonds is 11. The molecule has 1 heterocycles. The lowest BCUT2D eigenvalue weighted by atomic mass is 10.1. The molecule has 0 saturated carbocycles. The fourth-order valence-corrected chi connectivity index (χ4v) is 2.52. The molecule has 1 aliphatic rings. The van der Waals surface area contributed by atoms with Gasteiger partial charge in [-0.1, -0.05) is 58.3 Å². The number of halogens is 1. The van der Waals surface area contributed by atoms with Crippen LogP contribution in [0.1, 0.15) is 71.1 Å². The summed E-state index contributed by atoms with van der Waals surface area (Å²) in [6.45, 7) is 2.94. The Kier molecular flexibility index (Phi) is 10.0. The first-order valence-electron chi connectivity index (χ1n) is 7.69. The molecule has 0 N–H and O–H groups in total. The Morgan fingerprint density at radius 1 is 0.944 bits per heavy atom. The Bertz CT molecular complexity index is 187. The predicted molar refractivity (Wildman–Crippen MR) is 77.2 cm³/mol. The normalized spacial score (nSPS) is 23.7. The first-order chi connectivity index (χ1) is 8.86. The minimum absolute atomic E-state index is 0.0123. The zero-order valence-electron chi connectivity index (χ0n) is 11.8. The third-order valence-corrected chi connectivity index (χ3v) is 3.87. The molecule has 0 aliphatic carbocycles. The van der Waals surface area contributed by atoms with Crippen LogP contribution in [0.15, 0.2) is 0 Å². The van der Waals surface area contributed by atoms with Gasteiger partial charge in [-0.15, -0.1) is 11.6 Å². The molecule has 0 aromatic carbocycles. The van der Waals surface area contributed by atoms with Crippen molar-refractivity contribution in [2.45, 2.75) is 83.5 Å². The predicted octanol–water partition coefficient (Wildman–Crippen LogP) is 4.89. The van der Waals surface area contributed by atoms with Gasteiger partial charge >= 0.3 is 0 Å². The van der Waals surface area contributed by atoms with E-state index in [9.17, 15) is 0 Å². The van der Waals surface area contributed by atoms with Crippen LogP contribution >= 0.6 is 11.6 Å². The number of hydrogen-bond acceptors (Lipinski definition) is 2. The van der Waals surface area contributed by atoms with Gasteiger partial charge in [0.05, 0.1) is 18.6 Å². The number of alkyl halides is 1. The van der Waals surface area contributed by atoms with Crippen molar-refractivity contribution in [3.63, 3.8) is 0 Å². The summed E-state index contributed by atoms with van der Waals surface area (Å²) in [5.41, 5.74) is 0. The quantitative estimate of drug-likeness (QED) is 0.395. The summed E-state index contributed by atoms with van der Waals surface area (Å²) < 4.78 is 11.2. The summed E-state index contributed by atoms with van der Waals surface area (Å²) in [5, 5.41) is 0. The van der Waals surface area contributed by atoms with Crippen LogP contribution in [0.2, 0.25) is 0 Å². The van der Waals surface area contributed by atoms with Crippen LogP contribution in [-0.2, 0) is 9.47 Å². The Morgan fingerprint density at radius 2 is 1.56 bits per heavy atom. The first kappa shape index (κ1) is 16.3. The van der Waals surface area contributed by atoms with E-state index in [4.69, 9.17) is 21.1 Å². The summed E-state index contributed by atoms with van der Waals surface area (Å²) in [6, 6.07) is 0. The average molecular weight is 277 g/mol. The second kappa shape index (κ2) is 11.1. The third kappa shape index (κ3) is 7.60. The van der Waals surface area contributed by atoms with Gasteiger partial charge in [-0.25, -0.2) is 0 Å². The van der Waals surface area contributed by atoms with Gasteiger partial charge in [0.1, 0.15) is 0 Å². The first-order valence-corrected chi connectivity index (χ1v) is 8.23. The minimum Gasteiger partial charge on any atom is -0.350 e. The molecule has 1 saturated heterocycles. The molecular weight excluding hydrogens is 248 g/mol. The second-order valence-corrected chi connectivity index (χ2v) is 5.60. The second-order valence-electron chi connectivity index (χ2n) is 5.29. The van der Waals surface area contributed by atoms with E-state index in [2.05, 4.69) is 6.92 Å². The molecule has 0 aromatic rings. The molecule has 3 heteroatoms. The summed E-state index contributed by atoms with van der Waals surface area (Å²) in [7, 11) is 0. The van der Waals surface area contributed by atoms with Crippen LogP contribution in [0.3, 0.4) is 0 Å². The van der Waals surface area contributed by atoms with E-state index in [0.29, 0.717) is 12.5 Å². The number of hydrogen-bond donors (Lipinski definition) is 0. The number of unbranched alkanes of at least 4 members (excludes halogenated alkanes) is 8. The molecule has 2 atom stereocenters. The Hall–Kier alpha value is 0.210. The zero-order chi connectivity index (χ0) is 13.1. The highest BCUT2D eigenvalue weighted by Gasteiger charge is 2.24. The van der Waals surface area contributed by atoms with Gasteiger partial charge in [0.15, 0.2) is 6.29 Å². The highest BCUT2D eigenvalue weighted by Crippen LogP contribution is 2.19. The maximum Gasteiger partial charge on any atom is 0.158 e. The third-order valence-electron chi connectivity index (χ3n) is 3.53. The van der Waals surface area contributed by atoms with E-state index in [1.165, 1.54) is 57.8 Å². The molecule has 0 radical (unpaired) electrons. The largest absolute Gasteiger partial charge is 0.350 e. The van der Waals surface area contributed by atoms with Crippen molar-refractivity contribution in [1.29, 1.82) is 0 Å². The van der Waals surface area contributed by atoms with Gasteiger partial charge in [0.2, 0.25) is 0 Å². The van der Waals surface area contributed by atoms with Crippen LogP contribution < -0.4 is 0 Å². The molecule has 0 aromatic heterocycles. The standard InChI is InChI=1S/C15H29ClO2/c1-2-3-4-5-6-7-8-9-10-11-15-17-13-14(12-16)18-15/h14-15H,2-13H2,1H3/t14-,15-/m1/s1. The minimum atomic E-state index is 0.0123. The van der Waals surface area contributed by atoms with E-state index in [1.807, 2.05) is 0 Å². The van der Waals surface area contributed by atoms with E-state index in [1.54, 1.807) is 0 Å². The lowest BCUT2D eigenvalue weighted by Gasteiger charge is -2.09. The van der Waals surface area contributed by atoms with Crippen LogP contribution in [-0.4, -0.2) is 24.9 Å². The van der Waals surface area contributed by atoms with Gasteiger partial charge in [-0.2, -0.15) is 0 Å². The fourth-order valence-electron chi connectivity index (χ4n) is 2.36. The molecule has 108 valence electrons. The van der Waals surface area contributed by atoms with Crippen LogP contribution in [0.5, 0.6) is 0 Å². The van der Waals surface area contributed by atoms with Crippen molar-refractivity contribution in [3.05, 3.63) is 0 Å². The maximum atomic E-state index is 5.72. The molecule has 2 nitrogen and oxygen atoms in total. The maximum absolute atomic E-state index is 5.72. The summed E-state index contributed by atoms with van der Waals surface area (Å²) in [5.74, 6) is 0.550. The molecule has 18 heavy (non-hydrogen) atoms. The van der Waals surface area contributed by atoms with Gasteiger partial charge < -0.3 is 9.47 Å². The molecule has 0 unspecified atom stereocenters. The van der Waals surface area contributed by atoms with Crippen molar-refractivity contribution in [3.8, 4) is 0 Å². The number of ether oxygens (including phenoxy) is 2. The molecule has 0 bridgehead atoms. The van der Waals surface area contributed by atoms with Crippen LogP contribution in [0, 0.1) is 0 Å². The molecule has 1 rings (SSSR count). The molecule has 0 amide bonds. The van der Waals surface area contributed by atoms with Crippen molar-refractivity contribution < 1.29 is 9.47 Å². The van der Waals surface area contributed by atoms with E-state index >= 15 is 0 Å². The average Bonchev–Trinajstić information content (AvgIpc) is 2.85. The van der Waals surface area contributed by atoms with E-state index < -0.39 is 0 Å². The van der Waals surface area contributed by atoms with Gasteiger partial charge in [-0.05, 0) is 12.8 Å².